The van der Waals surface area contributed by atoms with E-state index < -0.39 is 6.10 Å². The molecule has 0 radical (unpaired) electrons. The van der Waals surface area contributed by atoms with Crippen LogP contribution in [0.3, 0.4) is 0 Å². The van der Waals surface area contributed by atoms with Crippen molar-refractivity contribution < 1.29 is 9.53 Å². The molecule has 1 atom stereocenters. The molecule has 0 aliphatic carbocycles. The van der Waals surface area contributed by atoms with Gasteiger partial charge in [0, 0.05) is 12.1 Å². The number of anilines is 1. The highest BCUT2D eigenvalue weighted by molar-refractivity contribution is 6.31. The SMILES string of the molecule is COC(C)C(=O)Nc1cc(Cl)ccc1C#N. The topological polar surface area (TPSA) is 62.1 Å². The summed E-state index contributed by atoms with van der Waals surface area (Å²) in [4.78, 5) is 11.5. The maximum atomic E-state index is 11.5. The fraction of sp³-hybridized carbons (Fsp3) is 0.273. The lowest BCUT2D eigenvalue weighted by Gasteiger charge is -2.11. The van der Waals surface area contributed by atoms with Crippen molar-refractivity contribution in [2.24, 2.45) is 0 Å². The summed E-state index contributed by atoms with van der Waals surface area (Å²) in [7, 11) is 1.44. The number of nitrogens with one attached hydrogen (secondary N) is 1. The fourth-order valence-corrected chi connectivity index (χ4v) is 1.23. The zero-order valence-corrected chi connectivity index (χ0v) is 9.71. The normalized spacial score (nSPS) is 11.6. The van der Waals surface area contributed by atoms with Gasteiger partial charge in [0.2, 0.25) is 0 Å². The van der Waals surface area contributed by atoms with Crippen LogP contribution in [-0.2, 0) is 9.53 Å². The molecule has 0 saturated heterocycles. The summed E-state index contributed by atoms with van der Waals surface area (Å²) in [5.41, 5.74) is 0.755. The minimum atomic E-state index is -0.578. The molecule has 4 nitrogen and oxygen atoms in total. The summed E-state index contributed by atoms with van der Waals surface area (Å²) < 4.78 is 4.86. The first-order valence-corrected chi connectivity index (χ1v) is 4.99. The van der Waals surface area contributed by atoms with Crippen LogP contribution in [0.4, 0.5) is 5.69 Å². The molecule has 0 aliphatic heterocycles. The van der Waals surface area contributed by atoms with Crippen molar-refractivity contribution in [1.29, 1.82) is 5.26 Å². The van der Waals surface area contributed by atoms with Crippen LogP contribution in [0.25, 0.3) is 0 Å². The number of ether oxygens (including phenoxy) is 1. The number of halogens is 1. The maximum Gasteiger partial charge on any atom is 0.253 e. The standard InChI is InChI=1S/C11H11ClN2O2/c1-7(16-2)11(15)14-10-5-9(12)4-3-8(10)6-13/h3-5,7H,1-2H3,(H,14,15). The average Bonchev–Trinajstić information content (AvgIpc) is 2.28. The Hall–Kier alpha value is -1.57. The Morgan fingerprint density at radius 3 is 2.88 bits per heavy atom. The minimum Gasteiger partial charge on any atom is -0.372 e. The van der Waals surface area contributed by atoms with E-state index in [-0.39, 0.29) is 5.91 Å². The predicted octanol–water partition coefficient (Wildman–Crippen LogP) is 2.19. The molecule has 0 heterocycles. The Balaban J connectivity index is 2.92. The molecule has 0 aliphatic rings. The Morgan fingerprint density at radius 1 is 1.62 bits per heavy atom. The Kier molecular flexibility index (Phi) is 4.29. The zero-order chi connectivity index (χ0) is 12.1. The third kappa shape index (κ3) is 2.96. The molecule has 0 spiro atoms. The van der Waals surface area contributed by atoms with Crippen molar-refractivity contribution in [2.45, 2.75) is 13.0 Å². The monoisotopic (exact) mass is 238 g/mol. The second-order valence-corrected chi connectivity index (χ2v) is 3.61. The number of nitrogens with zero attached hydrogens (tertiary/aromatic N) is 1. The van der Waals surface area contributed by atoms with Crippen LogP contribution in [-0.4, -0.2) is 19.1 Å². The van der Waals surface area contributed by atoms with Gasteiger partial charge in [-0.3, -0.25) is 4.79 Å². The van der Waals surface area contributed by atoms with Crippen LogP contribution in [0.5, 0.6) is 0 Å². The van der Waals surface area contributed by atoms with Crippen LogP contribution in [0, 0.1) is 11.3 Å². The van der Waals surface area contributed by atoms with Crippen LogP contribution >= 0.6 is 11.6 Å². The molecular weight excluding hydrogens is 228 g/mol. The number of benzene rings is 1. The van der Waals surface area contributed by atoms with Crippen LogP contribution < -0.4 is 5.32 Å². The van der Waals surface area contributed by atoms with E-state index in [2.05, 4.69) is 5.32 Å². The number of methoxy groups -OCH3 is 1. The van der Waals surface area contributed by atoms with E-state index in [0.717, 1.165) is 0 Å². The summed E-state index contributed by atoms with van der Waals surface area (Å²) in [5.74, 6) is -0.318. The van der Waals surface area contributed by atoms with E-state index in [1.54, 1.807) is 19.1 Å². The van der Waals surface area contributed by atoms with E-state index in [9.17, 15) is 4.79 Å². The third-order valence-electron chi connectivity index (χ3n) is 2.08. The van der Waals surface area contributed by atoms with Gasteiger partial charge in [-0.25, -0.2) is 0 Å². The molecule has 1 amide bonds. The van der Waals surface area contributed by atoms with Gasteiger partial charge in [0.25, 0.3) is 5.91 Å². The Bertz CT molecular complexity index is 440. The van der Waals surface area contributed by atoms with Gasteiger partial charge in [-0.1, -0.05) is 11.6 Å². The van der Waals surface area contributed by atoms with Crippen molar-refractivity contribution in [2.75, 3.05) is 12.4 Å². The average molecular weight is 239 g/mol. The highest BCUT2D eigenvalue weighted by Gasteiger charge is 2.13. The van der Waals surface area contributed by atoms with Gasteiger partial charge in [-0.15, -0.1) is 0 Å². The van der Waals surface area contributed by atoms with Crippen molar-refractivity contribution in [3.63, 3.8) is 0 Å². The molecule has 5 heteroatoms. The maximum absolute atomic E-state index is 11.5. The molecule has 1 aromatic carbocycles. The van der Waals surface area contributed by atoms with E-state index in [1.165, 1.54) is 13.2 Å². The lowest BCUT2D eigenvalue weighted by atomic mass is 10.2. The molecule has 0 aromatic heterocycles. The highest BCUT2D eigenvalue weighted by Crippen LogP contribution is 2.20. The molecule has 1 N–H and O–H groups in total. The lowest BCUT2D eigenvalue weighted by Crippen LogP contribution is -2.26. The molecular formula is C11H11ClN2O2. The van der Waals surface area contributed by atoms with Gasteiger partial charge < -0.3 is 10.1 Å². The molecule has 84 valence electrons. The van der Waals surface area contributed by atoms with Gasteiger partial charge >= 0.3 is 0 Å². The third-order valence-corrected chi connectivity index (χ3v) is 2.32. The minimum absolute atomic E-state index is 0.318. The van der Waals surface area contributed by atoms with Gasteiger partial charge in [-0.05, 0) is 25.1 Å². The van der Waals surface area contributed by atoms with Crippen LogP contribution in [0.2, 0.25) is 5.02 Å². The summed E-state index contributed by atoms with van der Waals surface area (Å²) in [6, 6.07) is 6.64. The van der Waals surface area contributed by atoms with Crippen molar-refractivity contribution >= 4 is 23.2 Å². The smallest absolute Gasteiger partial charge is 0.253 e. The molecule has 1 unspecified atom stereocenters. The predicted molar refractivity (Wildman–Crippen MR) is 61.3 cm³/mol. The summed E-state index contributed by atoms with van der Waals surface area (Å²) >= 11 is 5.78. The van der Waals surface area contributed by atoms with Gasteiger partial charge in [0.15, 0.2) is 0 Å². The number of rotatable bonds is 3. The van der Waals surface area contributed by atoms with Crippen molar-refractivity contribution in [1.82, 2.24) is 0 Å². The second-order valence-electron chi connectivity index (χ2n) is 3.17. The zero-order valence-electron chi connectivity index (χ0n) is 8.95. The summed E-state index contributed by atoms with van der Waals surface area (Å²) in [5, 5.41) is 11.9. The number of carbonyl (C=O) groups excluding carboxylic acids is 1. The molecule has 16 heavy (non-hydrogen) atoms. The first-order valence-electron chi connectivity index (χ1n) is 4.61. The Morgan fingerprint density at radius 2 is 2.31 bits per heavy atom. The van der Waals surface area contributed by atoms with Gasteiger partial charge in [0.1, 0.15) is 12.2 Å². The van der Waals surface area contributed by atoms with E-state index >= 15 is 0 Å². The van der Waals surface area contributed by atoms with Crippen molar-refractivity contribution in [3.05, 3.63) is 28.8 Å². The van der Waals surface area contributed by atoms with Crippen LogP contribution in [0.1, 0.15) is 12.5 Å². The van der Waals surface area contributed by atoms with Gasteiger partial charge in [0.05, 0.1) is 11.3 Å². The largest absolute Gasteiger partial charge is 0.372 e. The van der Waals surface area contributed by atoms with E-state index in [1.807, 2.05) is 6.07 Å². The molecule has 0 saturated carbocycles. The van der Waals surface area contributed by atoms with E-state index in [0.29, 0.717) is 16.3 Å². The van der Waals surface area contributed by atoms with E-state index in [4.69, 9.17) is 21.6 Å². The van der Waals surface area contributed by atoms with Crippen molar-refractivity contribution in [3.8, 4) is 6.07 Å². The first-order chi connectivity index (χ1) is 7.58. The molecule has 1 aromatic rings. The molecule has 0 bridgehead atoms. The number of nitriles is 1. The lowest BCUT2D eigenvalue weighted by molar-refractivity contribution is -0.124. The van der Waals surface area contributed by atoms with Crippen LogP contribution in [0.15, 0.2) is 18.2 Å². The fourth-order valence-electron chi connectivity index (χ4n) is 1.06. The quantitative estimate of drug-likeness (QED) is 0.878. The first kappa shape index (κ1) is 12.5. The summed E-state index contributed by atoms with van der Waals surface area (Å²) in [6.45, 7) is 1.62. The number of hydrogen-bond donors (Lipinski definition) is 1. The summed E-state index contributed by atoms with van der Waals surface area (Å²) in [6.07, 6.45) is -0.578. The van der Waals surface area contributed by atoms with Gasteiger partial charge in [-0.2, -0.15) is 5.26 Å². The highest BCUT2D eigenvalue weighted by atomic mass is 35.5. The number of carbonyl (C=O) groups is 1. The second kappa shape index (κ2) is 5.50. The number of hydrogen-bond acceptors (Lipinski definition) is 3. The molecule has 0 fully saturated rings. The molecule has 1 rings (SSSR count). The Labute approximate surface area is 98.8 Å². The number of amides is 1.